The van der Waals surface area contributed by atoms with Crippen LogP contribution in [0.1, 0.15) is 68.2 Å². The minimum absolute atomic E-state index is 0.588. The van der Waals surface area contributed by atoms with Crippen molar-refractivity contribution in [2.24, 2.45) is 11.8 Å². The average Bonchev–Trinajstić information content (AvgIpc) is 3.30. The summed E-state index contributed by atoms with van der Waals surface area (Å²) in [5, 5.41) is 15.0. The van der Waals surface area contributed by atoms with E-state index >= 15 is 0 Å². The van der Waals surface area contributed by atoms with E-state index in [1.807, 2.05) is 21.7 Å². The van der Waals surface area contributed by atoms with Gasteiger partial charge in [-0.15, -0.1) is 5.10 Å². The Morgan fingerprint density at radius 1 is 0.800 bits per heavy atom. The van der Waals surface area contributed by atoms with Crippen LogP contribution in [0.5, 0.6) is 0 Å². The van der Waals surface area contributed by atoms with Crippen LogP contribution in [0, 0.1) is 11.8 Å². The number of aromatic nitrogens is 6. The zero-order valence-electron chi connectivity index (χ0n) is 19.6. The molecule has 2 rings (SSSR count). The van der Waals surface area contributed by atoms with Crippen molar-refractivity contribution >= 4 is 43.2 Å². The molecule has 0 aromatic carbocycles. The normalized spacial score (nSPS) is 11.6. The van der Waals surface area contributed by atoms with Gasteiger partial charge in [0.2, 0.25) is 5.16 Å². The van der Waals surface area contributed by atoms with Crippen LogP contribution < -0.4 is 0 Å². The maximum atomic E-state index is 4.37. The molecule has 0 atom stereocenters. The lowest BCUT2D eigenvalue weighted by atomic mass is 10.1. The molecule has 6 nitrogen and oxygen atoms in total. The fourth-order valence-electron chi connectivity index (χ4n) is 2.01. The second kappa shape index (κ2) is 15.5. The lowest BCUT2D eigenvalue weighted by molar-refractivity contribution is 0.457. The van der Waals surface area contributed by atoms with Gasteiger partial charge < -0.3 is 4.57 Å². The molecule has 0 N–H and O–H groups in total. The number of hydrogen-bond donors (Lipinski definition) is 0. The molecule has 0 aliphatic rings. The van der Waals surface area contributed by atoms with Crippen molar-refractivity contribution in [3.8, 4) is 0 Å². The van der Waals surface area contributed by atoms with Gasteiger partial charge in [-0.05, 0) is 56.7 Å². The van der Waals surface area contributed by atoms with Crippen LogP contribution in [0.25, 0.3) is 0 Å². The number of imidazole rings is 1. The summed E-state index contributed by atoms with van der Waals surface area (Å²) in [6.45, 7) is 19.7. The van der Waals surface area contributed by atoms with Gasteiger partial charge >= 0.3 is 0 Å². The molecule has 2 aromatic heterocycles. The molecule has 0 fully saturated rings. The molecule has 0 aliphatic heterocycles. The molecule has 0 unspecified atom stereocenters. The molecule has 0 aliphatic carbocycles. The highest BCUT2D eigenvalue weighted by atomic mass is 33.1. The van der Waals surface area contributed by atoms with Gasteiger partial charge in [0.05, 0.1) is 0 Å². The maximum Gasteiger partial charge on any atom is 0.219 e. The van der Waals surface area contributed by atoms with E-state index in [0.29, 0.717) is 16.4 Å². The average molecular weight is 491 g/mol. The molecule has 0 radical (unpaired) electrons. The van der Waals surface area contributed by atoms with E-state index in [0.717, 1.165) is 35.7 Å². The van der Waals surface area contributed by atoms with E-state index in [1.165, 1.54) is 6.42 Å². The first-order valence-corrected chi connectivity index (χ1v) is 15.1. The standard InChI is InChI=1S/C11H20N2S2.C9H18N4S2/c1-9(2)5-7-13-8-6-12-11(13)15-14-10(3)4;1-7(2)5-6-13-9(10-11-12-13)15-14-8(3)4/h6,8-10H,5,7H2,1-4H3;7-8H,5-6H2,1-4H3. The van der Waals surface area contributed by atoms with Crippen molar-refractivity contribution in [2.75, 3.05) is 0 Å². The highest BCUT2D eigenvalue weighted by molar-refractivity contribution is 8.77. The van der Waals surface area contributed by atoms with Crippen molar-refractivity contribution in [3.05, 3.63) is 12.4 Å². The lowest BCUT2D eigenvalue weighted by Crippen LogP contribution is -2.04. The summed E-state index contributed by atoms with van der Waals surface area (Å²) in [5.41, 5.74) is 0. The Balaban J connectivity index is 0.000000300. The van der Waals surface area contributed by atoms with Gasteiger partial charge in [0.15, 0.2) is 5.16 Å². The molecule has 0 spiro atoms. The third kappa shape index (κ3) is 12.5. The number of hydrogen-bond acceptors (Lipinski definition) is 8. The van der Waals surface area contributed by atoms with Crippen molar-refractivity contribution < 1.29 is 0 Å². The van der Waals surface area contributed by atoms with Crippen LogP contribution in [0.15, 0.2) is 22.7 Å². The van der Waals surface area contributed by atoms with Crippen LogP contribution in [-0.2, 0) is 13.1 Å². The van der Waals surface area contributed by atoms with E-state index in [9.17, 15) is 0 Å². The SMILES string of the molecule is CC(C)CCn1ccnc1SSC(C)C.CC(C)CCn1nnnc1SSC(C)C. The van der Waals surface area contributed by atoms with Gasteiger partial charge in [-0.25, -0.2) is 9.67 Å². The fraction of sp³-hybridized carbons (Fsp3) is 0.800. The molecule has 0 amide bonds. The first kappa shape index (κ1) is 27.7. The Morgan fingerprint density at radius 3 is 1.93 bits per heavy atom. The molecule has 0 bridgehead atoms. The predicted molar refractivity (Wildman–Crippen MR) is 136 cm³/mol. The maximum absolute atomic E-state index is 4.37. The van der Waals surface area contributed by atoms with Gasteiger partial charge in [0, 0.05) is 36.0 Å². The summed E-state index contributed by atoms with van der Waals surface area (Å²) >= 11 is 0. The third-order valence-electron chi connectivity index (χ3n) is 3.67. The van der Waals surface area contributed by atoms with Gasteiger partial charge in [-0.1, -0.05) is 77.0 Å². The molecular formula is C20H38N6S4. The van der Waals surface area contributed by atoms with Crippen molar-refractivity contribution in [3.63, 3.8) is 0 Å². The van der Waals surface area contributed by atoms with Crippen molar-refractivity contribution in [2.45, 2.75) is 102 Å². The number of tetrazole rings is 1. The minimum Gasteiger partial charge on any atom is -0.325 e. The summed E-state index contributed by atoms with van der Waals surface area (Å²) in [4.78, 5) is 4.37. The zero-order chi connectivity index (χ0) is 22.5. The molecule has 172 valence electrons. The van der Waals surface area contributed by atoms with E-state index in [1.54, 1.807) is 32.4 Å². The molecule has 10 heteroatoms. The Hall–Kier alpha value is -0.320. The van der Waals surface area contributed by atoms with E-state index < -0.39 is 0 Å². The molecule has 0 saturated carbocycles. The quantitative estimate of drug-likeness (QED) is 0.296. The topological polar surface area (TPSA) is 61.4 Å². The van der Waals surface area contributed by atoms with Crippen LogP contribution in [-0.4, -0.2) is 40.3 Å². The number of aryl methyl sites for hydroxylation is 2. The molecule has 30 heavy (non-hydrogen) atoms. The second-order valence-corrected chi connectivity index (χ2v) is 13.9. The van der Waals surface area contributed by atoms with Gasteiger partial charge in [0.1, 0.15) is 0 Å². The highest BCUT2D eigenvalue weighted by Crippen LogP contribution is 2.33. The Kier molecular flexibility index (Phi) is 14.3. The highest BCUT2D eigenvalue weighted by Gasteiger charge is 2.09. The summed E-state index contributed by atoms with van der Waals surface area (Å²) in [6, 6.07) is 0. The first-order chi connectivity index (χ1) is 14.2. The summed E-state index contributed by atoms with van der Waals surface area (Å²) in [5.74, 6) is 1.44. The van der Waals surface area contributed by atoms with Crippen molar-refractivity contribution in [1.29, 1.82) is 0 Å². The lowest BCUT2D eigenvalue weighted by Gasteiger charge is -2.09. The number of nitrogens with zero attached hydrogens (tertiary/aromatic N) is 6. The number of rotatable bonds is 12. The Labute approximate surface area is 198 Å². The summed E-state index contributed by atoms with van der Waals surface area (Å²) in [7, 11) is 7.10. The van der Waals surface area contributed by atoms with Crippen LogP contribution >= 0.6 is 43.2 Å². The van der Waals surface area contributed by atoms with E-state index in [2.05, 4.69) is 86.7 Å². The van der Waals surface area contributed by atoms with Crippen molar-refractivity contribution in [1.82, 2.24) is 29.8 Å². The Bertz CT molecular complexity index is 573. The largest absolute Gasteiger partial charge is 0.325 e. The van der Waals surface area contributed by atoms with Gasteiger partial charge in [0.25, 0.3) is 0 Å². The monoisotopic (exact) mass is 490 g/mol. The van der Waals surface area contributed by atoms with Gasteiger partial charge in [-0.3, -0.25) is 0 Å². The molecule has 2 heterocycles. The van der Waals surface area contributed by atoms with Crippen LogP contribution in [0.2, 0.25) is 0 Å². The van der Waals surface area contributed by atoms with Crippen LogP contribution in [0.4, 0.5) is 0 Å². The van der Waals surface area contributed by atoms with E-state index in [4.69, 9.17) is 0 Å². The first-order valence-electron chi connectivity index (χ1n) is 10.6. The molecule has 0 saturated heterocycles. The zero-order valence-corrected chi connectivity index (χ0v) is 22.9. The molecular weight excluding hydrogens is 453 g/mol. The Morgan fingerprint density at radius 2 is 1.37 bits per heavy atom. The van der Waals surface area contributed by atoms with Crippen LogP contribution in [0.3, 0.4) is 0 Å². The second-order valence-electron chi connectivity index (χ2n) is 8.41. The molecule has 2 aromatic rings. The summed E-state index contributed by atoms with van der Waals surface area (Å²) in [6.07, 6.45) is 6.30. The fourth-order valence-corrected chi connectivity index (χ4v) is 5.65. The summed E-state index contributed by atoms with van der Waals surface area (Å²) < 4.78 is 4.14. The smallest absolute Gasteiger partial charge is 0.219 e. The predicted octanol–water partition coefficient (Wildman–Crippen LogP) is 6.95. The minimum atomic E-state index is 0.588. The third-order valence-corrected chi connectivity index (χ3v) is 9.35. The van der Waals surface area contributed by atoms with E-state index in [-0.39, 0.29) is 0 Å². The van der Waals surface area contributed by atoms with Gasteiger partial charge in [-0.2, -0.15) is 0 Å².